The van der Waals surface area contributed by atoms with Gasteiger partial charge in [-0.1, -0.05) is 27.7 Å². The van der Waals surface area contributed by atoms with Crippen LogP contribution in [0.5, 0.6) is 0 Å². The molecular formula is C12H20F2O2. The number of rotatable bonds is 4. The number of alkyl halides is 2. The third-order valence-electron chi connectivity index (χ3n) is 3.47. The molecule has 1 rings (SSSR count). The Morgan fingerprint density at radius 1 is 1.38 bits per heavy atom. The van der Waals surface area contributed by atoms with Crippen LogP contribution < -0.4 is 0 Å². The Morgan fingerprint density at radius 2 is 1.81 bits per heavy atom. The fourth-order valence-corrected chi connectivity index (χ4v) is 2.41. The Balaban J connectivity index is 2.67. The molecule has 0 spiro atoms. The summed E-state index contributed by atoms with van der Waals surface area (Å²) in [5, 5.41) is 9.99. The van der Waals surface area contributed by atoms with Crippen molar-refractivity contribution < 1.29 is 18.7 Å². The van der Waals surface area contributed by atoms with E-state index in [0.29, 0.717) is 0 Å². The highest BCUT2D eigenvalue weighted by Gasteiger charge is 2.53. The van der Waals surface area contributed by atoms with Crippen molar-refractivity contribution in [1.82, 2.24) is 0 Å². The van der Waals surface area contributed by atoms with Gasteiger partial charge in [-0.2, -0.15) is 0 Å². The average molecular weight is 234 g/mol. The van der Waals surface area contributed by atoms with Crippen LogP contribution in [-0.4, -0.2) is 22.9 Å². The van der Waals surface area contributed by atoms with Crippen LogP contribution in [0.25, 0.3) is 0 Å². The molecule has 1 unspecified atom stereocenters. The summed E-state index contributed by atoms with van der Waals surface area (Å²) in [6.45, 7) is 6.78. The third-order valence-corrected chi connectivity index (χ3v) is 3.47. The van der Waals surface area contributed by atoms with Crippen molar-refractivity contribution in [3.05, 3.63) is 0 Å². The summed E-state index contributed by atoms with van der Waals surface area (Å²) in [7, 11) is 0. The van der Waals surface area contributed by atoms with Crippen LogP contribution in [0.4, 0.5) is 8.78 Å². The summed E-state index contributed by atoms with van der Waals surface area (Å²) >= 11 is 0. The van der Waals surface area contributed by atoms with E-state index in [-0.39, 0.29) is 24.5 Å². The van der Waals surface area contributed by atoms with Gasteiger partial charge < -0.3 is 5.11 Å². The molecule has 0 aromatic carbocycles. The minimum Gasteiger partial charge on any atom is -0.392 e. The van der Waals surface area contributed by atoms with Gasteiger partial charge in [0.25, 0.3) is 0 Å². The smallest absolute Gasteiger partial charge is 0.248 e. The average Bonchev–Trinajstić information content (AvgIpc) is 2.11. The zero-order valence-electron chi connectivity index (χ0n) is 10.3. The molecule has 0 heterocycles. The van der Waals surface area contributed by atoms with Crippen LogP contribution >= 0.6 is 0 Å². The number of halogens is 2. The molecule has 0 aromatic rings. The summed E-state index contributed by atoms with van der Waals surface area (Å²) in [6.07, 6.45) is -1.58. The lowest BCUT2D eigenvalue weighted by Crippen LogP contribution is -2.51. The maximum absolute atomic E-state index is 12.7. The Labute approximate surface area is 95.0 Å². The fourth-order valence-electron chi connectivity index (χ4n) is 2.41. The molecule has 0 bridgehead atoms. The van der Waals surface area contributed by atoms with E-state index in [2.05, 4.69) is 0 Å². The van der Waals surface area contributed by atoms with E-state index in [1.54, 1.807) is 27.7 Å². The molecule has 16 heavy (non-hydrogen) atoms. The highest BCUT2D eigenvalue weighted by atomic mass is 19.3. The quantitative estimate of drug-likeness (QED) is 0.812. The van der Waals surface area contributed by atoms with Crippen LogP contribution in [0.1, 0.15) is 40.5 Å². The van der Waals surface area contributed by atoms with Crippen LogP contribution in [0.3, 0.4) is 0 Å². The van der Waals surface area contributed by atoms with Gasteiger partial charge in [-0.25, -0.2) is 8.78 Å². The summed E-state index contributed by atoms with van der Waals surface area (Å²) in [5.41, 5.74) is -0.935. The highest BCUT2D eigenvalue weighted by Crippen LogP contribution is 2.48. The van der Waals surface area contributed by atoms with Crippen molar-refractivity contribution in [3.63, 3.8) is 0 Å². The lowest BCUT2D eigenvalue weighted by Gasteiger charge is -2.43. The molecule has 0 aromatic heterocycles. The zero-order valence-corrected chi connectivity index (χ0v) is 10.3. The Bertz CT molecular complexity index is 277. The molecule has 1 N–H and O–H groups in total. The monoisotopic (exact) mass is 234 g/mol. The van der Waals surface area contributed by atoms with Gasteiger partial charge in [-0.05, 0) is 5.92 Å². The van der Waals surface area contributed by atoms with Crippen molar-refractivity contribution in [2.24, 2.45) is 17.3 Å². The second-order valence-corrected chi connectivity index (χ2v) is 5.71. The van der Waals surface area contributed by atoms with Gasteiger partial charge in [0.2, 0.25) is 5.92 Å². The lowest BCUT2D eigenvalue weighted by atomic mass is 9.66. The first-order chi connectivity index (χ1) is 7.08. The number of hydrogen-bond acceptors (Lipinski definition) is 2. The van der Waals surface area contributed by atoms with E-state index in [0.717, 1.165) is 0 Å². The molecule has 4 heteroatoms. The molecule has 0 radical (unpaired) electrons. The molecule has 0 saturated heterocycles. The Kier molecular flexibility index (Phi) is 3.44. The summed E-state index contributed by atoms with van der Waals surface area (Å²) in [6, 6.07) is 0. The number of Topliss-reactive ketones (excluding diaryl/α,β-unsaturated/α-hetero) is 1. The minimum absolute atomic E-state index is 0.0739. The number of hydrogen-bond donors (Lipinski definition) is 1. The first kappa shape index (κ1) is 13.6. The van der Waals surface area contributed by atoms with Crippen LogP contribution in [-0.2, 0) is 4.79 Å². The second-order valence-electron chi connectivity index (χ2n) is 5.71. The van der Waals surface area contributed by atoms with E-state index in [4.69, 9.17) is 0 Å². The molecule has 1 fully saturated rings. The Hall–Kier alpha value is -0.510. The van der Waals surface area contributed by atoms with Gasteiger partial charge >= 0.3 is 0 Å². The molecule has 1 aliphatic rings. The number of carbonyl (C=O) groups is 1. The maximum atomic E-state index is 12.7. The predicted octanol–water partition coefficient (Wildman–Crippen LogP) is 2.64. The second kappa shape index (κ2) is 4.06. The first-order valence-corrected chi connectivity index (χ1v) is 5.68. The standard InChI is InChI=1S/C12H20F2O2/c1-7(2)9(15)11(3,4)10(16)8-5-12(13,14)6-8/h7-8,10,16H,5-6H2,1-4H3. The topological polar surface area (TPSA) is 37.3 Å². The van der Waals surface area contributed by atoms with E-state index in [1.807, 2.05) is 0 Å². The van der Waals surface area contributed by atoms with E-state index in [9.17, 15) is 18.7 Å². The van der Waals surface area contributed by atoms with Crippen LogP contribution in [0.15, 0.2) is 0 Å². The largest absolute Gasteiger partial charge is 0.392 e. The van der Waals surface area contributed by atoms with Gasteiger partial charge in [0.1, 0.15) is 5.78 Å². The normalized spacial score (nSPS) is 23.0. The lowest BCUT2D eigenvalue weighted by molar-refractivity contribution is -0.169. The molecule has 0 amide bonds. The fraction of sp³-hybridized carbons (Fsp3) is 0.917. The molecule has 94 valence electrons. The molecule has 1 atom stereocenters. The number of aliphatic hydroxyl groups excluding tert-OH is 1. The highest BCUT2D eigenvalue weighted by molar-refractivity contribution is 5.86. The number of aliphatic hydroxyl groups is 1. The molecule has 1 saturated carbocycles. The van der Waals surface area contributed by atoms with E-state index >= 15 is 0 Å². The Morgan fingerprint density at radius 3 is 2.12 bits per heavy atom. The van der Waals surface area contributed by atoms with Crippen LogP contribution in [0, 0.1) is 17.3 Å². The first-order valence-electron chi connectivity index (χ1n) is 5.68. The number of ketones is 1. The van der Waals surface area contributed by atoms with E-state index < -0.39 is 23.4 Å². The third kappa shape index (κ3) is 2.42. The molecule has 1 aliphatic carbocycles. The van der Waals surface area contributed by atoms with Crippen LogP contribution in [0.2, 0.25) is 0 Å². The van der Waals surface area contributed by atoms with Gasteiger partial charge in [0.05, 0.1) is 6.10 Å². The minimum atomic E-state index is -2.65. The van der Waals surface area contributed by atoms with Crippen molar-refractivity contribution in [2.45, 2.75) is 52.6 Å². The van der Waals surface area contributed by atoms with Crippen molar-refractivity contribution >= 4 is 5.78 Å². The van der Waals surface area contributed by atoms with Gasteiger partial charge in [-0.3, -0.25) is 4.79 Å². The summed E-state index contributed by atoms with van der Waals surface area (Å²) in [5.74, 6) is -3.36. The predicted molar refractivity (Wildman–Crippen MR) is 57.3 cm³/mol. The van der Waals surface area contributed by atoms with Crippen molar-refractivity contribution in [2.75, 3.05) is 0 Å². The summed E-state index contributed by atoms with van der Waals surface area (Å²) in [4.78, 5) is 11.9. The molecule has 2 nitrogen and oxygen atoms in total. The van der Waals surface area contributed by atoms with Crippen molar-refractivity contribution in [1.29, 1.82) is 0 Å². The summed E-state index contributed by atoms with van der Waals surface area (Å²) < 4.78 is 25.4. The maximum Gasteiger partial charge on any atom is 0.248 e. The van der Waals surface area contributed by atoms with Gasteiger partial charge in [0.15, 0.2) is 0 Å². The SMILES string of the molecule is CC(C)C(=O)C(C)(C)C(O)C1CC(F)(F)C1. The zero-order chi connectivity index (χ0) is 12.7. The van der Waals surface area contributed by atoms with Gasteiger partial charge in [0, 0.05) is 24.2 Å². The van der Waals surface area contributed by atoms with E-state index in [1.165, 1.54) is 0 Å². The van der Waals surface area contributed by atoms with Crippen molar-refractivity contribution in [3.8, 4) is 0 Å². The molecular weight excluding hydrogens is 214 g/mol. The number of carbonyl (C=O) groups excluding carboxylic acids is 1. The molecule has 0 aliphatic heterocycles. The van der Waals surface area contributed by atoms with Gasteiger partial charge in [-0.15, -0.1) is 0 Å².